The Morgan fingerprint density at radius 3 is 2.77 bits per heavy atom. The molecule has 1 N–H and O–H groups in total. The molecule has 3 rings (SSSR count). The second-order valence-corrected chi connectivity index (χ2v) is 6.86. The van der Waals surface area contributed by atoms with Gasteiger partial charge in [-0.3, -0.25) is 9.79 Å². The number of allylic oxidation sites excluding steroid dienone is 1. The van der Waals surface area contributed by atoms with E-state index in [0.717, 1.165) is 36.8 Å². The lowest BCUT2D eigenvalue weighted by Crippen LogP contribution is -2.29. The molecule has 1 aromatic rings. The number of hydrogen-bond acceptors (Lipinski definition) is 4. The fourth-order valence-electron chi connectivity index (χ4n) is 2.54. The largest absolute Gasteiger partial charge is 0.323 e. The van der Waals surface area contributed by atoms with Crippen LogP contribution in [0.2, 0.25) is 10.0 Å². The lowest BCUT2D eigenvalue weighted by Gasteiger charge is -2.24. The van der Waals surface area contributed by atoms with E-state index >= 15 is 0 Å². The summed E-state index contributed by atoms with van der Waals surface area (Å²) in [4.78, 5) is 19.9. The van der Waals surface area contributed by atoms with E-state index in [9.17, 15) is 4.79 Å². The van der Waals surface area contributed by atoms with E-state index in [-0.39, 0.29) is 5.91 Å². The van der Waals surface area contributed by atoms with E-state index in [1.807, 2.05) is 0 Å². The second kappa shape index (κ2) is 6.52. The van der Waals surface area contributed by atoms with Gasteiger partial charge >= 0.3 is 0 Å². The Labute approximate surface area is 143 Å². The number of fused-ring (bicyclic) bond motifs is 1. The van der Waals surface area contributed by atoms with Crippen molar-refractivity contribution >= 4 is 51.7 Å². The van der Waals surface area contributed by atoms with Crippen LogP contribution in [0.25, 0.3) is 0 Å². The fourth-order valence-corrected chi connectivity index (χ4v) is 4.23. The van der Waals surface area contributed by atoms with E-state index in [0.29, 0.717) is 20.6 Å². The number of nitrogens with one attached hydrogen (secondary N) is 1. The van der Waals surface area contributed by atoms with Gasteiger partial charge in [0.2, 0.25) is 0 Å². The van der Waals surface area contributed by atoms with E-state index in [1.165, 1.54) is 11.8 Å². The van der Waals surface area contributed by atoms with Crippen LogP contribution >= 0.6 is 35.0 Å². The zero-order chi connectivity index (χ0) is 15.7. The molecule has 0 radical (unpaired) electrons. The molecular formula is C15H15Cl2N3OS. The number of nitrogens with zero attached hydrogens (tertiary/aromatic N) is 2. The molecule has 0 bridgehead atoms. The predicted molar refractivity (Wildman–Crippen MR) is 93.6 cm³/mol. The summed E-state index contributed by atoms with van der Waals surface area (Å²) >= 11 is 13.4. The number of amidine groups is 1. The number of benzene rings is 1. The van der Waals surface area contributed by atoms with Gasteiger partial charge in [-0.05, 0) is 42.8 Å². The SMILES string of the molecule is CCC1=C(C(=O)Nc2cc(Cl)cc(Cl)c2)SC2=NCCCN21. The molecule has 2 heterocycles. The minimum absolute atomic E-state index is 0.141. The van der Waals surface area contributed by atoms with E-state index in [4.69, 9.17) is 23.2 Å². The molecule has 0 unspecified atom stereocenters. The fraction of sp³-hybridized carbons (Fsp3) is 0.333. The lowest BCUT2D eigenvalue weighted by molar-refractivity contribution is -0.112. The first-order valence-electron chi connectivity index (χ1n) is 7.09. The van der Waals surface area contributed by atoms with Crippen LogP contribution in [0.1, 0.15) is 19.8 Å². The third kappa shape index (κ3) is 3.12. The number of halogens is 2. The molecule has 22 heavy (non-hydrogen) atoms. The van der Waals surface area contributed by atoms with Crippen LogP contribution in [-0.4, -0.2) is 29.1 Å². The number of carbonyl (C=O) groups excluding carboxylic acids is 1. The van der Waals surface area contributed by atoms with Crippen molar-refractivity contribution in [3.63, 3.8) is 0 Å². The molecule has 2 aliphatic heterocycles. The van der Waals surface area contributed by atoms with E-state index < -0.39 is 0 Å². The molecule has 0 saturated heterocycles. The van der Waals surface area contributed by atoms with Gasteiger partial charge in [0, 0.05) is 34.5 Å². The Kier molecular flexibility index (Phi) is 4.66. The molecular weight excluding hydrogens is 341 g/mol. The number of thioether (sulfide) groups is 1. The van der Waals surface area contributed by atoms with Crippen LogP contribution in [-0.2, 0) is 4.79 Å². The highest BCUT2D eigenvalue weighted by Crippen LogP contribution is 2.38. The minimum atomic E-state index is -0.141. The maximum atomic E-state index is 12.6. The molecule has 0 atom stereocenters. The Bertz CT molecular complexity index is 667. The van der Waals surface area contributed by atoms with Crippen molar-refractivity contribution in [2.24, 2.45) is 4.99 Å². The van der Waals surface area contributed by atoms with Crippen molar-refractivity contribution in [3.8, 4) is 0 Å². The topological polar surface area (TPSA) is 44.7 Å². The molecule has 2 aliphatic rings. The first kappa shape index (κ1) is 15.7. The maximum absolute atomic E-state index is 12.6. The first-order valence-corrected chi connectivity index (χ1v) is 8.66. The number of hydrogen-bond donors (Lipinski definition) is 1. The highest BCUT2D eigenvalue weighted by atomic mass is 35.5. The molecule has 4 nitrogen and oxygen atoms in total. The molecule has 1 amide bonds. The van der Waals surface area contributed by atoms with Gasteiger partial charge in [0.15, 0.2) is 5.17 Å². The summed E-state index contributed by atoms with van der Waals surface area (Å²) in [6.45, 7) is 3.81. The maximum Gasteiger partial charge on any atom is 0.264 e. The van der Waals surface area contributed by atoms with Crippen molar-refractivity contribution in [2.75, 3.05) is 18.4 Å². The Morgan fingerprint density at radius 1 is 1.36 bits per heavy atom. The predicted octanol–water partition coefficient (Wildman–Crippen LogP) is 4.36. The third-order valence-corrected chi connectivity index (χ3v) is 5.05. The van der Waals surface area contributed by atoms with Gasteiger partial charge in [-0.15, -0.1) is 0 Å². The van der Waals surface area contributed by atoms with Gasteiger partial charge in [-0.25, -0.2) is 0 Å². The first-order chi connectivity index (χ1) is 10.6. The van der Waals surface area contributed by atoms with Crippen LogP contribution in [0.15, 0.2) is 33.8 Å². The number of amides is 1. The number of carbonyl (C=O) groups is 1. The molecule has 0 aromatic heterocycles. The molecule has 0 saturated carbocycles. The van der Waals surface area contributed by atoms with Crippen LogP contribution in [0.3, 0.4) is 0 Å². The standard InChI is InChI=1S/C15H15Cl2N3OS/c1-2-12-13(22-15-18-4-3-5-20(12)15)14(21)19-11-7-9(16)6-10(17)8-11/h6-8H,2-5H2,1H3,(H,19,21). The highest BCUT2D eigenvalue weighted by molar-refractivity contribution is 8.18. The lowest BCUT2D eigenvalue weighted by atomic mass is 10.2. The van der Waals surface area contributed by atoms with Crippen molar-refractivity contribution in [3.05, 3.63) is 38.8 Å². The summed E-state index contributed by atoms with van der Waals surface area (Å²) in [5, 5.41) is 4.79. The van der Waals surface area contributed by atoms with Crippen molar-refractivity contribution < 1.29 is 4.79 Å². The zero-order valence-electron chi connectivity index (χ0n) is 12.0. The van der Waals surface area contributed by atoms with Crippen LogP contribution in [0.4, 0.5) is 5.69 Å². The summed E-state index contributed by atoms with van der Waals surface area (Å²) in [5.41, 5.74) is 1.63. The summed E-state index contributed by atoms with van der Waals surface area (Å²) in [6.07, 6.45) is 1.82. The summed E-state index contributed by atoms with van der Waals surface area (Å²) in [5.74, 6) is -0.141. The van der Waals surface area contributed by atoms with Crippen LogP contribution in [0.5, 0.6) is 0 Å². The second-order valence-electron chi connectivity index (χ2n) is 5.01. The average molecular weight is 356 g/mol. The molecule has 0 spiro atoms. The number of anilines is 1. The van der Waals surface area contributed by atoms with Gasteiger partial charge in [0.05, 0.1) is 4.91 Å². The van der Waals surface area contributed by atoms with Gasteiger partial charge in [0.25, 0.3) is 5.91 Å². The third-order valence-electron chi connectivity index (χ3n) is 3.46. The highest BCUT2D eigenvalue weighted by Gasteiger charge is 2.33. The normalized spacial score (nSPS) is 17.4. The summed E-state index contributed by atoms with van der Waals surface area (Å²) in [6, 6.07) is 5.00. The summed E-state index contributed by atoms with van der Waals surface area (Å²) in [7, 11) is 0. The molecule has 0 aliphatic carbocycles. The average Bonchev–Trinajstić information content (AvgIpc) is 2.84. The minimum Gasteiger partial charge on any atom is -0.323 e. The Morgan fingerprint density at radius 2 is 2.09 bits per heavy atom. The van der Waals surface area contributed by atoms with Gasteiger partial charge in [-0.2, -0.15) is 0 Å². The van der Waals surface area contributed by atoms with Gasteiger partial charge in [0.1, 0.15) is 0 Å². The van der Waals surface area contributed by atoms with Crippen molar-refractivity contribution in [1.82, 2.24) is 4.90 Å². The van der Waals surface area contributed by atoms with E-state index in [2.05, 4.69) is 22.1 Å². The van der Waals surface area contributed by atoms with Crippen LogP contribution < -0.4 is 5.32 Å². The van der Waals surface area contributed by atoms with Crippen molar-refractivity contribution in [1.29, 1.82) is 0 Å². The zero-order valence-corrected chi connectivity index (χ0v) is 14.4. The molecule has 0 fully saturated rings. The Hall–Kier alpha value is -1.17. The number of rotatable bonds is 3. The van der Waals surface area contributed by atoms with Crippen LogP contribution in [0, 0.1) is 0 Å². The molecule has 7 heteroatoms. The smallest absolute Gasteiger partial charge is 0.264 e. The van der Waals surface area contributed by atoms with E-state index in [1.54, 1.807) is 18.2 Å². The van der Waals surface area contributed by atoms with Crippen molar-refractivity contribution in [2.45, 2.75) is 19.8 Å². The summed E-state index contributed by atoms with van der Waals surface area (Å²) < 4.78 is 0. The van der Waals surface area contributed by atoms with Gasteiger partial charge in [-0.1, -0.05) is 30.1 Å². The monoisotopic (exact) mass is 355 g/mol. The molecule has 116 valence electrons. The Balaban J connectivity index is 1.84. The number of aliphatic imine (C=N–C) groups is 1. The molecule has 1 aromatic carbocycles. The van der Waals surface area contributed by atoms with Gasteiger partial charge < -0.3 is 10.2 Å². The quantitative estimate of drug-likeness (QED) is 0.875.